The van der Waals surface area contributed by atoms with Crippen LogP contribution in [0.3, 0.4) is 0 Å². The molecule has 0 spiro atoms. The molecule has 3 N–H and O–H groups in total. The van der Waals surface area contributed by atoms with Crippen molar-refractivity contribution < 1.29 is 14.3 Å². The molecule has 8 nitrogen and oxygen atoms in total. The summed E-state index contributed by atoms with van der Waals surface area (Å²) in [6.45, 7) is 2.89. The zero-order valence-electron chi connectivity index (χ0n) is 18.7. The van der Waals surface area contributed by atoms with E-state index in [-0.39, 0.29) is 29.8 Å². The Morgan fingerprint density at radius 3 is 2.55 bits per heavy atom. The predicted molar refractivity (Wildman–Crippen MR) is 128 cm³/mol. The first-order valence-electron chi connectivity index (χ1n) is 11.4. The second-order valence-electron chi connectivity index (χ2n) is 8.54. The molecule has 33 heavy (non-hydrogen) atoms. The van der Waals surface area contributed by atoms with Gasteiger partial charge < -0.3 is 25.6 Å². The van der Waals surface area contributed by atoms with Crippen molar-refractivity contribution in [2.75, 3.05) is 38.6 Å². The molecule has 1 aromatic heterocycles. The first kappa shape index (κ1) is 23.3. The molecule has 3 amide bonds. The molecule has 0 radical (unpaired) electrons. The predicted octanol–water partition coefficient (Wildman–Crippen LogP) is 3.25. The van der Waals surface area contributed by atoms with E-state index in [1.54, 1.807) is 37.6 Å². The number of rotatable bonds is 5. The Morgan fingerprint density at radius 2 is 1.88 bits per heavy atom. The van der Waals surface area contributed by atoms with Gasteiger partial charge in [0.15, 0.2) is 0 Å². The van der Waals surface area contributed by atoms with Crippen LogP contribution in [0.2, 0.25) is 5.02 Å². The molecule has 2 aliphatic heterocycles. The highest BCUT2D eigenvalue weighted by Crippen LogP contribution is 2.29. The Bertz CT molecular complexity index is 948. The molecule has 0 bridgehead atoms. The van der Waals surface area contributed by atoms with Crippen LogP contribution < -0.4 is 20.7 Å². The third-order valence-electron chi connectivity index (χ3n) is 6.41. The SMILES string of the molecule is COc1ccc(C2CN(C(=O)C3CCNCC3)CCC2NC(=O)Nc2ccc(Cl)cc2)nc1. The van der Waals surface area contributed by atoms with Gasteiger partial charge in [-0.3, -0.25) is 9.78 Å². The van der Waals surface area contributed by atoms with Gasteiger partial charge in [-0.2, -0.15) is 0 Å². The lowest BCUT2D eigenvalue weighted by Gasteiger charge is -2.40. The lowest BCUT2D eigenvalue weighted by Crippen LogP contribution is -2.53. The quantitative estimate of drug-likeness (QED) is 0.622. The molecular weight excluding hydrogens is 442 g/mol. The summed E-state index contributed by atoms with van der Waals surface area (Å²) in [6.07, 6.45) is 4.06. The largest absolute Gasteiger partial charge is 0.495 e. The zero-order chi connectivity index (χ0) is 23.2. The van der Waals surface area contributed by atoms with Gasteiger partial charge in [0.05, 0.1) is 13.3 Å². The number of ether oxygens (including phenoxy) is 1. The van der Waals surface area contributed by atoms with Gasteiger partial charge in [-0.15, -0.1) is 0 Å². The number of halogens is 1. The number of pyridine rings is 1. The first-order chi connectivity index (χ1) is 16.0. The summed E-state index contributed by atoms with van der Waals surface area (Å²) >= 11 is 5.93. The second kappa shape index (κ2) is 10.9. The number of piperidine rings is 2. The maximum atomic E-state index is 13.2. The van der Waals surface area contributed by atoms with Crippen LogP contribution in [0.4, 0.5) is 10.5 Å². The van der Waals surface area contributed by atoms with Crippen LogP contribution in [-0.4, -0.2) is 61.2 Å². The van der Waals surface area contributed by atoms with Crippen LogP contribution >= 0.6 is 11.6 Å². The Labute approximate surface area is 199 Å². The Balaban J connectivity index is 1.47. The Kier molecular flexibility index (Phi) is 7.67. The minimum Gasteiger partial charge on any atom is -0.495 e. The molecule has 2 saturated heterocycles. The average molecular weight is 472 g/mol. The summed E-state index contributed by atoms with van der Waals surface area (Å²) in [5, 5.41) is 9.88. The maximum absolute atomic E-state index is 13.2. The number of carbonyl (C=O) groups excluding carboxylic acids is 2. The zero-order valence-corrected chi connectivity index (χ0v) is 19.5. The minimum atomic E-state index is -0.293. The monoisotopic (exact) mass is 471 g/mol. The number of anilines is 1. The molecule has 9 heteroatoms. The molecule has 0 aliphatic carbocycles. The minimum absolute atomic E-state index is 0.0634. The summed E-state index contributed by atoms with van der Waals surface area (Å²) in [7, 11) is 1.60. The Morgan fingerprint density at radius 1 is 1.12 bits per heavy atom. The van der Waals surface area contributed by atoms with E-state index in [0.717, 1.165) is 31.6 Å². The molecule has 1 aromatic carbocycles. The number of hydrogen-bond acceptors (Lipinski definition) is 5. The number of nitrogens with zero attached hydrogens (tertiary/aromatic N) is 2. The molecule has 2 fully saturated rings. The van der Waals surface area contributed by atoms with Crippen LogP contribution in [0, 0.1) is 5.92 Å². The summed E-state index contributed by atoms with van der Waals surface area (Å²) in [5.74, 6) is 0.820. The van der Waals surface area contributed by atoms with Crippen LogP contribution in [0.5, 0.6) is 5.75 Å². The first-order valence-corrected chi connectivity index (χ1v) is 11.7. The highest BCUT2D eigenvalue weighted by molar-refractivity contribution is 6.30. The van der Waals surface area contributed by atoms with Crippen molar-refractivity contribution in [1.29, 1.82) is 0 Å². The van der Waals surface area contributed by atoms with Crippen LogP contribution in [-0.2, 0) is 4.79 Å². The number of urea groups is 1. The van der Waals surface area contributed by atoms with Crippen LogP contribution in [0.15, 0.2) is 42.6 Å². The number of amides is 3. The van der Waals surface area contributed by atoms with Gasteiger partial charge in [-0.25, -0.2) is 4.79 Å². The van der Waals surface area contributed by atoms with Crippen molar-refractivity contribution in [2.24, 2.45) is 5.92 Å². The van der Waals surface area contributed by atoms with Crippen molar-refractivity contribution in [3.05, 3.63) is 53.3 Å². The fourth-order valence-corrected chi connectivity index (χ4v) is 4.68. The lowest BCUT2D eigenvalue weighted by atomic mass is 9.87. The van der Waals surface area contributed by atoms with Gasteiger partial charge in [0.2, 0.25) is 5.91 Å². The number of aromatic nitrogens is 1. The fraction of sp³-hybridized carbons (Fsp3) is 0.458. The van der Waals surface area contributed by atoms with Crippen LogP contribution in [0.1, 0.15) is 30.9 Å². The second-order valence-corrected chi connectivity index (χ2v) is 8.97. The van der Waals surface area contributed by atoms with Gasteiger partial charge in [0, 0.05) is 47.4 Å². The van der Waals surface area contributed by atoms with E-state index in [2.05, 4.69) is 20.9 Å². The van der Waals surface area contributed by atoms with E-state index in [9.17, 15) is 9.59 Å². The molecular formula is C24H30ClN5O3. The van der Waals surface area contributed by atoms with Crippen molar-refractivity contribution in [3.8, 4) is 5.75 Å². The third kappa shape index (κ3) is 5.94. The van der Waals surface area contributed by atoms with E-state index < -0.39 is 0 Å². The van der Waals surface area contributed by atoms with Crippen molar-refractivity contribution in [1.82, 2.24) is 20.5 Å². The van der Waals surface area contributed by atoms with E-state index >= 15 is 0 Å². The number of nitrogens with one attached hydrogen (secondary N) is 3. The van der Waals surface area contributed by atoms with E-state index in [4.69, 9.17) is 16.3 Å². The van der Waals surface area contributed by atoms with Crippen LogP contribution in [0.25, 0.3) is 0 Å². The molecule has 0 saturated carbocycles. The third-order valence-corrected chi connectivity index (χ3v) is 6.66. The molecule has 2 atom stereocenters. The highest BCUT2D eigenvalue weighted by Gasteiger charge is 2.36. The number of likely N-dealkylation sites (tertiary alicyclic amines) is 1. The van der Waals surface area contributed by atoms with Crippen molar-refractivity contribution >= 4 is 29.2 Å². The van der Waals surface area contributed by atoms with Gasteiger partial charge >= 0.3 is 6.03 Å². The smallest absolute Gasteiger partial charge is 0.319 e. The highest BCUT2D eigenvalue weighted by atomic mass is 35.5. The van der Waals surface area contributed by atoms with Crippen molar-refractivity contribution in [2.45, 2.75) is 31.2 Å². The summed E-state index contributed by atoms with van der Waals surface area (Å²) in [6, 6.07) is 10.3. The fourth-order valence-electron chi connectivity index (χ4n) is 4.55. The normalized spacial score (nSPS) is 21.3. The summed E-state index contributed by atoms with van der Waals surface area (Å²) < 4.78 is 5.24. The molecule has 176 valence electrons. The Hall–Kier alpha value is -2.84. The molecule has 3 heterocycles. The number of methoxy groups -OCH3 is 1. The van der Waals surface area contributed by atoms with Crippen molar-refractivity contribution in [3.63, 3.8) is 0 Å². The van der Waals surface area contributed by atoms with E-state index in [1.807, 2.05) is 17.0 Å². The maximum Gasteiger partial charge on any atom is 0.319 e. The average Bonchev–Trinajstić information content (AvgIpc) is 2.86. The molecule has 2 aliphatic rings. The molecule has 2 unspecified atom stereocenters. The number of hydrogen-bond donors (Lipinski definition) is 3. The molecule has 2 aromatic rings. The van der Waals surface area contributed by atoms with Gasteiger partial charge in [-0.05, 0) is 68.8 Å². The summed E-state index contributed by atoms with van der Waals surface area (Å²) in [5.41, 5.74) is 1.49. The van der Waals surface area contributed by atoms with E-state index in [1.165, 1.54) is 0 Å². The van der Waals surface area contributed by atoms with Gasteiger partial charge in [0.25, 0.3) is 0 Å². The standard InChI is InChI=1S/C24H30ClN5O3/c1-33-19-6-7-21(27-14-19)20-15-30(23(31)16-8-11-26-12-9-16)13-10-22(20)29-24(32)28-18-4-2-17(25)3-5-18/h2-7,14,16,20,22,26H,8-13,15H2,1H3,(H2,28,29,32). The van der Waals surface area contributed by atoms with Gasteiger partial charge in [-0.1, -0.05) is 11.6 Å². The topological polar surface area (TPSA) is 95.6 Å². The number of carbonyl (C=O) groups is 2. The number of benzene rings is 1. The van der Waals surface area contributed by atoms with E-state index in [0.29, 0.717) is 36.0 Å². The van der Waals surface area contributed by atoms with Gasteiger partial charge in [0.1, 0.15) is 5.75 Å². The summed E-state index contributed by atoms with van der Waals surface area (Å²) in [4.78, 5) is 32.4. The lowest BCUT2D eigenvalue weighted by molar-refractivity contribution is -0.137. The molecule has 4 rings (SSSR count).